The highest BCUT2D eigenvalue weighted by Gasteiger charge is 2.37. The number of carbonyl (C=O) groups excluding carboxylic acids is 2. The maximum absolute atomic E-state index is 13.1. The van der Waals surface area contributed by atoms with Crippen molar-refractivity contribution in [1.82, 2.24) is 0 Å². The van der Waals surface area contributed by atoms with Crippen LogP contribution in [0.25, 0.3) is 0 Å². The molecule has 0 spiro atoms. The van der Waals surface area contributed by atoms with E-state index >= 15 is 0 Å². The number of carbonyl (C=O) groups is 6. The lowest BCUT2D eigenvalue weighted by atomic mass is 9.85. The first-order valence-electron chi connectivity index (χ1n) is 17.6. The normalized spacial score (nSPS) is 17.0. The van der Waals surface area contributed by atoms with E-state index in [2.05, 4.69) is 6.92 Å². The molecule has 0 aliphatic carbocycles. The van der Waals surface area contributed by atoms with Crippen LogP contribution in [0.15, 0.2) is 0 Å². The zero-order valence-corrected chi connectivity index (χ0v) is 29.9. The van der Waals surface area contributed by atoms with Gasteiger partial charge in [0, 0.05) is 6.04 Å². The summed E-state index contributed by atoms with van der Waals surface area (Å²) >= 11 is 0. The monoisotopic (exact) mass is 703 g/mol. The Bertz CT molecular complexity index is 1030. The second kappa shape index (κ2) is 24.8. The van der Waals surface area contributed by atoms with Crippen molar-refractivity contribution < 1.29 is 63.8 Å². The van der Waals surface area contributed by atoms with Crippen LogP contribution in [-0.2, 0) is 38.2 Å². The van der Waals surface area contributed by atoms with Gasteiger partial charge in [-0.1, -0.05) is 72.6 Å². The summed E-state index contributed by atoms with van der Waals surface area (Å²) in [6, 6.07) is -0.260. The fourth-order valence-electron chi connectivity index (χ4n) is 5.99. The number of carboxylic acid groups (broad SMARTS) is 4. The van der Waals surface area contributed by atoms with Gasteiger partial charge in [-0.2, -0.15) is 0 Å². The molecule has 0 rings (SSSR count). The smallest absolute Gasteiger partial charge is 0.307 e. The molecule has 0 amide bonds. The van der Waals surface area contributed by atoms with Crippen LogP contribution in [0.1, 0.15) is 131 Å². The quantitative estimate of drug-likeness (QED) is 0.0449. The van der Waals surface area contributed by atoms with Gasteiger partial charge in [0.1, 0.15) is 12.2 Å². The minimum atomic E-state index is -1.53. The van der Waals surface area contributed by atoms with Crippen LogP contribution < -0.4 is 5.73 Å². The van der Waals surface area contributed by atoms with E-state index in [1.165, 1.54) is 0 Å². The molecule has 0 aliphatic rings. The van der Waals surface area contributed by atoms with Crippen LogP contribution in [0.5, 0.6) is 0 Å². The van der Waals surface area contributed by atoms with Gasteiger partial charge in [0.2, 0.25) is 0 Å². The van der Waals surface area contributed by atoms with Gasteiger partial charge in [-0.25, -0.2) is 0 Å². The largest absolute Gasteiger partial charge is 0.481 e. The zero-order chi connectivity index (χ0) is 37.7. The maximum Gasteiger partial charge on any atom is 0.307 e. The Balaban J connectivity index is 5.94. The van der Waals surface area contributed by atoms with Crippen molar-refractivity contribution in [1.29, 1.82) is 0 Å². The average molecular weight is 704 g/mol. The first-order valence-corrected chi connectivity index (χ1v) is 17.6. The molecule has 0 bridgehead atoms. The maximum atomic E-state index is 13.1. The van der Waals surface area contributed by atoms with Gasteiger partial charge < -0.3 is 40.7 Å². The second-order valence-corrected chi connectivity index (χ2v) is 13.9. The van der Waals surface area contributed by atoms with Gasteiger partial charge >= 0.3 is 35.8 Å². The fourth-order valence-corrected chi connectivity index (χ4v) is 5.99. The standard InChI is InChI=1S/C35H61NO13/c1-6-7-13-23(4)33(49-32(43)20-26(35(46)47)18-30(40)41)28(48-31(42)19-25(34(44)45)17-29(38)39)16-22(3)15-21(2)12-10-8-9-11-14-27(37)24(5)36/h21-28,33,37H,6-20,36H2,1-5H3,(H,38,39)(H,40,41)(H,44,45)(H,46,47)/t21-,22+,23-,24+,25-,26-,27+,28?,33-/m1/s1. The average Bonchev–Trinajstić information content (AvgIpc) is 2.98. The van der Waals surface area contributed by atoms with Gasteiger partial charge in [0.05, 0.1) is 43.6 Å². The Labute approximate surface area is 290 Å². The Morgan fingerprint density at radius 2 is 1.10 bits per heavy atom. The zero-order valence-electron chi connectivity index (χ0n) is 29.9. The van der Waals surface area contributed by atoms with Crippen molar-refractivity contribution in [2.45, 2.75) is 155 Å². The summed E-state index contributed by atoms with van der Waals surface area (Å²) in [7, 11) is 0. The number of hydrogen-bond donors (Lipinski definition) is 6. The summed E-state index contributed by atoms with van der Waals surface area (Å²) in [6.07, 6.45) is 2.89. The fraction of sp³-hybridized carbons (Fsp3) is 0.829. The van der Waals surface area contributed by atoms with Crippen LogP contribution in [0.3, 0.4) is 0 Å². The number of unbranched alkanes of at least 4 members (excludes halogenated alkanes) is 4. The van der Waals surface area contributed by atoms with E-state index in [1.807, 2.05) is 13.8 Å². The van der Waals surface area contributed by atoms with Crippen molar-refractivity contribution in [2.24, 2.45) is 35.3 Å². The molecule has 0 heterocycles. The molecule has 0 saturated heterocycles. The summed E-state index contributed by atoms with van der Waals surface area (Å²) in [5.74, 6) is -10.9. The number of aliphatic hydroxyl groups is 1. The highest BCUT2D eigenvalue weighted by Crippen LogP contribution is 2.30. The number of carboxylic acids is 4. The molecular formula is C35H61NO13. The number of aliphatic carboxylic acids is 4. The Kier molecular flexibility index (Phi) is 23.2. The highest BCUT2D eigenvalue weighted by molar-refractivity contribution is 5.83. The number of ether oxygens (including phenoxy) is 2. The van der Waals surface area contributed by atoms with Crippen molar-refractivity contribution in [3.63, 3.8) is 0 Å². The highest BCUT2D eigenvalue weighted by atomic mass is 16.6. The van der Waals surface area contributed by atoms with Crippen LogP contribution in [-0.4, -0.2) is 85.7 Å². The van der Waals surface area contributed by atoms with Gasteiger partial charge in [-0.3, -0.25) is 28.8 Å². The van der Waals surface area contributed by atoms with Crippen molar-refractivity contribution in [3.8, 4) is 0 Å². The third-order valence-electron chi connectivity index (χ3n) is 8.85. The molecule has 14 nitrogen and oxygen atoms in total. The first-order chi connectivity index (χ1) is 22.9. The molecule has 14 heteroatoms. The molecule has 0 aromatic carbocycles. The van der Waals surface area contributed by atoms with Crippen LogP contribution in [0, 0.1) is 29.6 Å². The third kappa shape index (κ3) is 21.4. The van der Waals surface area contributed by atoms with Crippen LogP contribution >= 0.6 is 0 Å². The molecule has 0 saturated carbocycles. The van der Waals surface area contributed by atoms with E-state index in [0.29, 0.717) is 18.8 Å². The summed E-state index contributed by atoms with van der Waals surface area (Å²) in [6.45, 7) is 9.61. The van der Waals surface area contributed by atoms with Gasteiger partial charge in [-0.15, -0.1) is 0 Å². The minimum absolute atomic E-state index is 0.0540. The number of rotatable bonds is 29. The Morgan fingerprint density at radius 3 is 1.55 bits per heavy atom. The molecule has 1 unspecified atom stereocenters. The van der Waals surface area contributed by atoms with Crippen molar-refractivity contribution in [2.75, 3.05) is 0 Å². The lowest BCUT2D eigenvalue weighted by Gasteiger charge is -2.33. The summed E-state index contributed by atoms with van der Waals surface area (Å²) < 4.78 is 11.6. The summed E-state index contributed by atoms with van der Waals surface area (Å²) in [5.41, 5.74) is 5.71. The molecule has 284 valence electrons. The predicted octanol–water partition coefficient (Wildman–Crippen LogP) is 4.87. The first kappa shape index (κ1) is 45.7. The van der Waals surface area contributed by atoms with E-state index in [4.69, 9.17) is 25.4 Å². The van der Waals surface area contributed by atoms with E-state index in [-0.39, 0.29) is 24.3 Å². The van der Waals surface area contributed by atoms with E-state index < -0.39 is 91.6 Å². The van der Waals surface area contributed by atoms with E-state index in [1.54, 1.807) is 13.8 Å². The van der Waals surface area contributed by atoms with Crippen molar-refractivity contribution in [3.05, 3.63) is 0 Å². The van der Waals surface area contributed by atoms with Gasteiger partial charge in [0.15, 0.2) is 0 Å². The molecular weight excluding hydrogens is 642 g/mol. The minimum Gasteiger partial charge on any atom is -0.481 e. The lowest BCUT2D eigenvalue weighted by molar-refractivity contribution is -0.177. The topological polar surface area (TPSA) is 248 Å². The summed E-state index contributed by atoms with van der Waals surface area (Å²) in [4.78, 5) is 71.8. The number of esters is 2. The summed E-state index contributed by atoms with van der Waals surface area (Å²) in [5, 5.41) is 47.0. The second-order valence-electron chi connectivity index (χ2n) is 13.9. The van der Waals surface area contributed by atoms with E-state index in [9.17, 15) is 44.1 Å². The number of aliphatic hydroxyl groups excluding tert-OH is 1. The molecule has 0 radical (unpaired) electrons. The SMILES string of the molecule is CCCC[C@@H](C)[C@@H](OC(=O)C[C@@H](CC(=O)O)C(=O)O)C(C[C@@H](C)C[C@H](C)CCCCCC[C@H](O)[C@H](C)N)OC(=O)C[C@@H](CC(=O)O)C(=O)O. The lowest BCUT2D eigenvalue weighted by Crippen LogP contribution is -2.42. The molecule has 0 aromatic rings. The van der Waals surface area contributed by atoms with Crippen LogP contribution in [0.4, 0.5) is 0 Å². The van der Waals surface area contributed by atoms with E-state index in [0.717, 1.165) is 51.4 Å². The Hall–Kier alpha value is -3.26. The molecule has 0 aromatic heterocycles. The molecule has 49 heavy (non-hydrogen) atoms. The van der Waals surface area contributed by atoms with Crippen LogP contribution in [0.2, 0.25) is 0 Å². The number of hydrogen-bond acceptors (Lipinski definition) is 10. The number of nitrogens with two attached hydrogens (primary N) is 1. The van der Waals surface area contributed by atoms with Gasteiger partial charge in [-0.05, 0) is 50.4 Å². The van der Waals surface area contributed by atoms with Gasteiger partial charge in [0.25, 0.3) is 0 Å². The predicted molar refractivity (Wildman–Crippen MR) is 179 cm³/mol. The molecule has 7 N–H and O–H groups in total. The molecule has 0 fully saturated rings. The van der Waals surface area contributed by atoms with Crippen molar-refractivity contribution >= 4 is 35.8 Å². The molecule has 9 atom stereocenters. The Morgan fingerprint density at radius 1 is 0.612 bits per heavy atom. The molecule has 0 aliphatic heterocycles. The third-order valence-corrected chi connectivity index (χ3v) is 8.85.